The molecule has 3 rings (SSSR count). The van der Waals surface area contributed by atoms with Crippen molar-refractivity contribution >= 4 is 21.6 Å². The fourth-order valence-electron chi connectivity index (χ4n) is 1.46. The second-order valence-electron chi connectivity index (χ2n) is 3.28. The van der Waals surface area contributed by atoms with Gasteiger partial charge in [-0.2, -0.15) is 0 Å². The van der Waals surface area contributed by atoms with E-state index in [1.807, 2.05) is 18.2 Å². The Labute approximate surface area is 80.2 Å². The quantitative estimate of drug-likeness (QED) is 0.648. The third-order valence-electron chi connectivity index (χ3n) is 2.26. The molecule has 1 aromatic heterocycles. The first-order valence-corrected chi connectivity index (χ1v) is 5.17. The number of hydrogen-bond acceptors (Lipinski definition) is 3. The van der Waals surface area contributed by atoms with Gasteiger partial charge in [0, 0.05) is 0 Å². The van der Waals surface area contributed by atoms with Crippen molar-refractivity contribution in [1.82, 2.24) is 4.98 Å². The van der Waals surface area contributed by atoms with Crippen LogP contribution in [0.5, 0.6) is 0 Å². The third-order valence-corrected chi connectivity index (χ3v) is 3.36. The van der Waals surface area contributed by atoms with Gasteiger partial charge >= 0.3 is 0 Å². The van der Waals surface area contributed by atoms with E-state index in [2.05, 4.69) is 18.0 Å². The van der Waals surface area contributed by atoms with Gasteiger partial charge in [0.15, 0.2) is 0 Å². The van der Waals surface area contributed by atoms with E-state index >= 15 is 0 Å². The summed E-state index contributed by atoms with van der Waals surface area (Å²) in [6.45, 7) is 2.08. The summed E-state index contributed by atoms with van der Waals surface area (Å²) < 4.78 is 6.63. The molecule has 2 aromatic rings. The molecule has 1 aliphatic rings. The lowest BCUT2D eigenvalue weighted by molar-refractivity contribution is 0.383. The number of fused-ring (bicyclic) bond motifs is 1. The lowest BCUT2D eigenvalue weighted by Gasteiger charge is -1.81. The molecule has 3 heteroatoms. The minimum Gasteiger partial charge on any atom is -0.362 e. The van der Waals surface area contributed by atoms with Crippen LogP contribution in [0, 0.1) is 0 Å². The molecule has 0 amide bonds. The predicted octanol–water partition coefficient (Wildman–Crippen LogP) is 2.76. The average molecular weight is 191 g/mol. The maximum absolute atomic E-state index is 5.38. The molecule has 1 unspecified atom stereocenters. The minimum atomic E-state index is 0.261. The lowest BCUT2D eigenvalue weighted by Crippen LogP contribution is -1.79. The molecule has 0 saturated carbocycles. The van der Waals surface area contributed by atoms with Crippen molar-refractivity contribution in [3.8, 4) is 0 Å². The zero-order chi connectivity index (χ0) is 8.84. The van der Waals surface area contributed by atoms with E-state index in [0.717, 1.165) is 10.5 Å². The van der Waals surface area contributed by atoms with E-state index in [9.17, 15) is 0 Å². The van der Waals surface area contributed by atoms with Crippen molar-refractivity contribution in [3.63, 3.8) is 0 Å². The van der Waals surface area contributed by atoms with Crippen molar-refractivity contribution in [2.45, 2.75) is 19.1 Å². The summed E-state index contributed by atoms with van der Waals surface area (Å²) in [4.78, 5) is 4.52. The van der Waals surface area contributed by atoms with Crippen LogP contribution < -0.4 is 0 Å². The Kier molecular flexibility index (Phi) is 1.45. The molecule has 0 radical (unpaired) electrons. The number of aromatic nitrogens is 1. The van der Waals surface area contributed by atoms with Crippen molar-refractivity contribution < 1.29 is 4.74 Å². The van der Waals surface area contributed by atoms with E-state index in [0.29, 0.717) is 6.10 Å². The molecule has 0 aliphatic carbocycles. The van der Waals surface area contributed by atoms with Crippen molar-refractivity contribution in [2.24, 2.45) is 0 Å². The van der Waals surface area contributed by atoms with Crippen molar-refractivity contribution in [3.05, 3.63) is 29.3 Å². The van der Waals surface area contributed by atoms with Gasteiger partial charge in [-0.1, -0.05) is 12.1 Å². The van der Waals surface area contributed by atoms with Crippen LogP contribution in [0.3, 0.4) is 0 Å². The highest BCUT2D eigenvalue weighted by molar-refractivity contribution is 7.18. The Morgan fingerprint density at radius 3 is 2.85 bits per heavy atom. The molecular formula is C10H9NOS. The topological polar surface area (TPSA) is 25.4 Å². The fraction of sp³-hybridized carbons (Fsp3) is 0.300. The van der Waals surface area contributed by atoms with Crippen molar-refractivity contribution in [1.29, 1.82) is 0 Å². The normalized spacial score (nSPS) is 26.5. The highest BCUT2D eigenvalue weighted by Crippen LogP contribution is 2.41. The van der Waals surface area contributed by atoms with Crippen LogP contribution in [-0.4, -0.2) is 11.1 Å². The molecule has 0 spiro atoms. The molecule has 0 bridgehead atoms. The number of nitrogens with zero attached hydrogens (tertiary/aromatic N) is 1. The van der Waals surface area contributed by atoms with Crippen LogP contribution in [0.1, 0.15) is 18.0 Å². The highest BCUT2D eigenvalue weighted by atomic mass is 32.1. The van der Waals surface area contributed by atoms with Crippen LogP contribution in [0.2, 0.25) is 0 Å². The summed E-state index contributed by atoms with van der Waals surface area (Å²) in [5, 5.41) is 1.12. The highest BCUT2D eigenvalue weighted by Gasteiger charge is 2.38. The number of thiazole rings is 1. The number of rotatable bonds is 1. The first kappa shape index (κ1) is 7.47. The molecule has 1 saturated heterocycles. The zero-order valence-electron chi connectivity index (χ0n) is 7.23. The Morgan fingerprint density at radius 1 is 1.38 bits per heavy atom. The SMILES string of the molecule is CC1O[C@H]1c1nc2ccccc2s1. The Hall–Kier alpha value is -0.930. The molecule has 2 nitrogen and oxygen atoms in total. The van der Waals surface area contributed by atoms with Gasteiger partial charge in [0.25, 0.3) is 0 Å². The van der Waals surface area contributed by atoms with Gasteiger partial charge in [0.1, 0.15) is 11.1 Å². The molecule has 1 aliphatic heterocycles. The zero-order valence-corrected chi connectivity index (χ0v) is 8.04. The minimum absolute atomic E-state index is 0.261. The van der Waals surface area contributed by atoms with Gasteiger partial charge in [-0.25, -0.2) is 4.98 Å². The fourth-order valence-corrected chi connectivity index (χ4v) is 2.55. The van der Waals surface area contributed by atoms with Gasteiger partial charge in [0.05, 0.1) is 16.3 Å². The summed E-state index contributed by atoms with van der Waals surface area (Å²) in [6, 6.07) is 8.20. The maximum atomic E-state index is 5.38. The van der Waals surface area contributed by atoms with Crippen LogP contribution in [-0.2, 0) is 4.74 Å². The molecule has 2 heterocycles. The van der Waals surface area contributed by atoms with E-state index in [4.69, 9.17) is 4.74 Å². The molecule has 13 heavy (non-hydrogen) atoms. The van der Waals surface area contributed by atoms with Gasteiger partial charge in [-0.05, 0) is 19.1 Å². The van der Waals surface area contributed by atoms with Gasteiger partial charge in [0.2, 0.25) is 0 Å². The Morgan fingerprint density at radius 2 is 2.15 bits per heavy atom. The molecule has 0 N–H and O–H groups in total. The predicted molar refractivity (Wildman–Crippen MR) is 52.9 cm³/mol. The van der Waals surface area contributed by atoms with E-state index in [1.165, 1.54) is 4.70 Å². The number of epoxide rings is 1. The summed E-state index contributed by atoms with van der Waals surface area (Å²) in [6.07, 6.45) is 0.623. The molecular weight excluding hydrogens is 182 g/mol. The van der Waals surface area contributed by atoms with E-state index in [-0.39, 0.29) is 6.10 Å². The summed E-state index contributed by atoms with van der Waals surface area (Å²) in [5.41, 5.74) is 1.09. The van der Waals surface area contributed by atoms with Crippen LogP contribution in [0.15, 0.2) is 24.3 Å². The second kappa shape index (κ2) is 2.53. The maximum Gasteiger partial charge on any atom is 0.135 e. The van der Waals surface area contributed by atoms with Crippen LogP contribution in [0.25, 0.3) is 10.2 Å². The third kappa shape index (κ3) is 1.16. The number of benzene rings is 1. The van der Waals surface area contributed by atoms with E-state index in [1.54, 1.807) is 11.3 Å². The van der Waals surface area contributed by atoms with E-state index < -0.39 is 0 Å². The first-order valence-electron chi connectivity index (χ1n) is 4.35. The smallest absolute Gasteiger partial charge is 0.135 e. The summed E-state index contributed by atoms with van der Waals surface area (Å²) in [7, 11) is 0. The number of para-hydroxylation sites is 1. The first-order chi connectivity index (χ1) is 6.34. The van der Waals surface area contributed by atoms with Crippen LogP contribution in [0.4, 0.5) is 0 Å². The van der Waals surface area contributed by atoms with Gasteiger partial charge < -0.3 is 4.74 Å². The largest absolute Gasteiger partial charge is 0.362 e. The van der Waals surface area contributed by atoms with Crippen molar-refractivity contribution in [2.75, 3.05) is 0 Å². The standard InChI is InChI=1S/C10H9NOS/c1-6-9(12-6)10-11-7-4-2-3-5-8(7)13-10/h2-6,9H,1H3/t6?,9-/m1/s1. The molecule has 1 fully saturated rings. The Balaban J connectivity index is 2.12. The number of ether oxygens (including phenoxy) is 1. The lowest BCUT2D eigenvalue weighted by atomic mass is 10.3. The van der Waals surface area contributed by atoms with Gasteiger partial charge in [-0.3, -0.25) is 0 Å². The molecule has 1 aromatic carbocycles. The molecule has 2 atom stereocenters. The average Bonchev–Trinajstić information content (AvgIpc) is 2.74. The Bertz CT molecular complexity index is 418. The summed E-state index contributed by atoms with van der Waals surface area (Å²) in [5.74, 6) is 0. The van der Waals surface area contributed by atoms with Gasteiger partial charge in [-0.15, -0.1) is 11.3 Å². The number of hydrogen-bond donors (Lipinski definition) is 0. The monoisotopic (exact) mass is 191 g/mol. The molecule has 66 valence electrons. The van der Waals surface area contributed by atoms with Crippen LogP contribution >= 0.6 is 11.3 Å². The second-order valence-corrected chi connectivity index (χ2v) is 4.34. The summed E-state index contributed by atoms with van der Waals surface area (Å²) >= 11 is 1.74.